The molecule has 1 fully saturated rings. The molecule has 5 nitrogen and oxygen atoms in total. The van der Waals surface area contributed by atoms with Crippen molar-refractivity contribution >= 4 is 11.8 Å². The van der Waals surface area contributed by atoms with Crippen LogP contribution in [0.3, 0.4) is 0 Å². The molecule has 116 valence electrons. The van der Waals surface area contributed by atoms with Crippen molar-refractivity contribution in [2.45, 2.75) is 26.2 Å². The number of piperidine rings is 1. The fourth-order valence-corrected chi connectivity index (χ4v) is 2.47. The maximum atomic E-state index is 12.0. The summed E-state index contributed by atoms with van der Waals surface area (Å²) in [4.78, 5) is 18.4. The fourth-order valence-electron chi connectivity index (χ4n) is 2.47. The molecule has 1 aromatic rings. The molecule has 2 heterocycles. The average molecular weight is 299 g/mol. The first-order chi connectivity index (χ1) is 10.7. The second kappa shape index (κ2) is 8.18. The van der Waals surface area contributed by atoms with Crippen LogP contribution in [-0.4, -0.2) is 30.6 Å². The van der Waals surface area contributed by atoms with Crippen LogP contribution in [0.25, 0.3) is 0 Å². The van der Waals surface area contributed by atoms with Crippen LogP contribution in [0, 0.1) is 17.2 Å². The number of esters is 1. The standard InChI is InChI=1S/C17H21N3O2/c1-2-3-4-11-22-17(21)15-7-9-20(10-8-15)16-6-5-14(12-18)13-19-16/h3-6,13,15H,2,7-11H2,1H3. The van der Waals surface area contributed by atoms with E-state index in [2.05, 4.69) is 16.0 Å². The van der Waals surface area contributed by atoms with Crippen molar-refractivity contribution < 1.29 is 9.53 Å². The molecule has 0 unspecified atom stereocenters. The normalized spacial score (nSPS) is 15.7. The number of carbonyl (C=O) groups is 1. The van der Waals surface area contributed by atoms with E-state index in [0.29, 0.717) is 12.2 Å². The summed E-state index contributed by atoms with van der Waals surface area (Å²) in [5.74, 6) is 0.731. The molecule has 0 atom stereocenters. The Kier molecular flexibility index (Phi) is 5.96. The highest BCUT2D eigenvalue weighted by molar-refractivity contribution is 5.73. The number of allylic oxidation sites excluding steroid dienone is 1. The van der Waals surface area contributed by atoms with Crippen LogP contribution in [0.4, 0.5) is 5.82 Å². The van der Waals surface area contributed by atoms with Gasteiger partial charge >= 0.3 is 5.97 Å². The zero-order valence-corrected chi connectivity index (χ0v) is 12.9. The second-order valence-electron chi connectivity index (χ2n) is 5.29. The minimum atomic E-state index is -0.104. The summed E-state index contributed by atoms with van der Waals surface area (Å²) in [6.45, 7) is 3.97. The molecule has 1 aliphatic rings. The Hall–Kier alpha value is -2.35. The van der Waals surface area contributed by atoms with Gasteiger partial charge in [0.15, 0.2) is 0 Å². The molecule has 0 aliphatic carbocycles. The number of carbonyl (C=O) groups excluding carboxylic acids is 1. The highest BCUT2D eigenvalue weighted by Crippen LogP contribution is 2.22. The van der Waals surface area contributed by atoms with E-state index in [1.165, 1.54) is 0 Å². The van der Waals surface area contributed by atoms with Gasteiger partial charge in [0.25, 0.3) is 0 Å². The Labute approximate surface area is 131 Å². The van der Waals surface area contributed by atoms with Crippen molar-refractivity contribution in [3.63, 3.8) is 0 Å². The molecular formula is C17H21N3O2. The fraction of sp³-hybridized carbons (Fsp3) is 0.471. The number of nitriles is 1. The van der Waals surface area contributed by atoms with Gasteiger partial charge in [-0.1, -0.05) is 19.1 Å². The van der Waals surface area contributed by atoms with E-state index in [4.69, 9.17) is 10.00 Å². The molecule has 0 amide bonds. The molecule has 1 saturated heterocycles. The summed E-state index contributed by atoms with van der Waals surface area (Å²) >= 11 is 0. The van der Waals surface area contributed by atoms with Gasteiger partial charge in [0.1, 0.15) is 18.5 Å². The van der Waals surface area contributed by atoms with Crippen LogP contribution in [0.15, 0.2) is 30.5 Å². The molecular weight excluding hydrogens is 278 g/mol. The Morgan fingerprint density at radius 3 is 2.82 bits per heavy atom. The lowest BCUT2D eigenvalue weighted by molar-refractivity contribution is -0.147. The highest BCUT2D eigenvalue weighted by Gasteiger charge is 2.26. The number of pyridine rings is 1. The number of hydrogen-bond donors (Lipinski definition) is 0. The number of ether oxygens (including phenoxy) is 1. The Morgan fingerprint density at radius 1 is 1.45 bits per heavy atom. The van der Waals surface area contributed by atoms with Crippen LogP contribution < -0.4 is 4.90 Å². The minimum absolute atomic E-state index is 0.0235. The number of aromatic nitrogens is 1. The quantitative estimate of drug-likeness (QED) is 0.617. The van der Waals surface area contributed by atoms with Crippen LogP contribution in [0.1, 0.15) is 31.7 Å². The van der Waals surface area contributed by atoms with E-state index >= 15 is 0 Å². The van der Waals surface area contributed by atoms with Crippen LogP contribution in [0.2, 0.25) is 0 Å². The summed E-state index contributed by atoms with van der Waals surface area (Å²) < 4.78 is 5.26. The zero-order valence-electron chi connectivity index (χ0n) is 12.9. The van der Waals surface area contributed by atoms with Gasteiger partial charge in [-0.3, -0.25) is 4.79 Å². The molecule has 22 heavy (non-hydrogen) atoms. The first-order valence-corrected chi connectivity index (χ1v) is 7.67. The number of anilines is 1. The van der Waals surface area contributed by atoms with Gasteiger partial charge in [-0.05, 0) is 31.4 Å². The molecule has 1 aromatic heterocycles. The first kappa shape index (κ1) is 16.0. The van der Waals surface area contributed by atoms with Crippen LogP contribution in [0.5, 0.6) is 0 Å². The topological polar surface area (TPSA) is 66.2 Å². The average Bonchev–Trinajstić information content (AvgIpc) is 2.59. The Morgan fingerprint density at radius 2 is 2.23 bits per heavy atom. The van der Waals surface area contributed by atoms with Crippen molar-refractivity contribution in [3.05, 3.63) is 36.0 Å². The molecule has 2 rings (SSSR count). The first-order valence-electron chi connectivity index (χ1n) is 7.67. The predicted octanol–water partition coefficient (Wildman–Crippen LogP) is 2.68. The molecule has 0 radical (unpaired) electrons. The van der Waals surface area contributed by atoms with E-state index < -0.39 is 0 Å². The smallest absolute Gasteiger partial charge is 0.309 e. The third-order valence-electron chi connectivity index (χ3n) is 3.75. The molecule has 0 aromatic carbocycles. The van der Waals surface area contributed by atoms with Gasteiger partial charge in [0.2, 0.25) is 0 Å². The van der Waals surface area contributed by atoms with Gasteiger partial charge in [0.05, 0.1) is 11.5 Å². The maximum Gasteiger partial charge on any atom is 0.309 e. The lowest BCUT2D eigenvalue weighted by Crippen LogP contribution is -2.37. The van der Waals surface area contributed by atoms with E-state index in [1.54, 1.807) is 12.3 Å². The summed E-state index contributed by atoms with van der Waals surface area (Å²) in [5, 5.41) is 8.78. The van der Waals surface area contributed by atoms with E-state index in [9.17, 15) is 4.79 Å². The molecule has 0 bridgehead atoms. The maximum absolute atomic E-state index is 12.0. The van der Waals surface area contributed by atoms with Gasteiger partial charge in [0, 0.05) is 19.3 Å². The number of rotatable bonds is 5. The number of nitrogens with zero attached hydrogens (tertiary/aromatic N) is 3. The van der Waals surface area contributed by atoms with Gasteiger partial charge in [-0.15, -0.1) is 0 Å². The second-order valence-corrected chi connectivity index (χ2v) is 5.29. The minimum Gasteiger partial charge on any atom is -0.461 e. The summed E-state index contributed by atoms with van der Waals surface area (Å²) in [6.07, 6.45) is 7.96. The number of hydrogen-bond acceptors (Lipinski definition) is 5. The van der Waals surface area contributed by atoms with Gasteiger partial charge < -0.3 is 9.64 Å². The van der Waals surface area contributed by atoms with Crippen LogP contribution in [-0.2, 0) is 9.53 Å². The zero-order chi connectivity index (χ0) is 15.8. The Balaban J connectivity index is 1.80. The highest BCUT2D eigenvalue weighted by atomic mass is 16.5. The van der Waals surface area contributed by atoms with E-state index in [-0.39, 0.29) is 11.9 Å². The lowest BCUT2D eigenvalue weighted by atomic mass is 9.97. The third kappa shape index (κ3) is 4.32. The van der Waals surface area contributed by atoms with E-state index in [0.717, 1.165) is 38.2 Å². The molecule has 1 aliphatic heterocycles. The molecule has 0 saturated carbocycles. The van der Waals surface area contributed by atoms with E-state index in [1.807, 2.05) is 25.1 Å². The summed E-state index contributed by atoms with van der Waals surface area (Å²) in [7, 11) is 0. The van der Waals surface area contributed by atoms with Gasteiger partial charge in [-0.2, -0.15) is 5.26 Å². The van der Waals surface area contributed by atoms with Crippen molar-refractivity contribution in [1.82, 2.24) is 4.98 Å². The van der Waals surface area contributed by atoms with Gasteiger partial charge in [-0.25, -0.2) is 4.98 Å². The van der Waals surface area contributed by atoms with Crippen molar-refractivity contribution in [3.8, 4) is 6.07 Å². The van der Waals surface area contributed by atoms with Crippen LogP contribution >= 0.6 is 0 Å². The largest absolute Gasteiger partial charge is 0.461 e. The SMILES string of the molecule is CCC=CCOC(=O)C1CCN(c2ccc(C#N)cn2)CC1. The summed E-state index contributed by atoms with van der Waals surface area (Å²) in [6, 6.07) is 5.68. The predicted molar refractivity (Wildman–Crippen MR) is 84.3 cm³/mol. The lowest BCUT2D eigenvalue weighted by Gasteiger charge is -2.31. The molecule has 0 N–H and O–H groups in total. The molecule has 5 heteroatoms. The Bertz CT molecular complexity index is 552. The van der Waals surface area contributed by atoms with Crippen molar-refractivity contribution in [1.29, 1.82) is 5.26 Å². The summed E-state index contributed by atoms with van der Waals surface area (Å²) in [5.41, 5.74) is 0.558. The third-order valence-corrected chi connectivity index (χ3v) is 3.75. The van der Waals surface area contributed by atoms with Crippen molar-refractivity contribution in [2.24, 2.45) is 5.92 Å². The molecule has 0 spiro atoms. The monoisotopic (exact) mass is 299 g/mol. The van der Waals surface area contributed by atoms with Crippen molar-refractivity contribution in [2.75, 3.05) is 24.6 Å².